The van der Waals surface area contributed by atoms with Gasteiger partial charge in [0.25, 0.3) is 0 Å². The molecule has 1 aliphatic rings. The summed E-state index contributed by atoms with van der Waals surface area (Å²) in [5.74, 6) is -0.540. The molecule has 0 spiro atoms. The number of carboxylic acids is 1. The first-order valence-electron chi connectivity index (χ1n) is 8.37. The highest BCUT2D eigenvalue weighted by molar-refractivity contribution is 5.97. The van der Waals surface area contributed by atoms with Crippen LogP contribution in [0.25, 0.3) is 0 Å². The fourth-order valence-corrected chi connectivity index (χ4v) is 3.08. The first kappa shape index (κ1) is 19.1. The number of carboxylic acid groups (broad SMARTS) is 1. The summed E-state index contributed by atoms with van der Waals surface area (Å²) in [6.07, 6.45) is 4.47. The van der Waals surface area contributed by atoms with Crippen LogP contribution in [0.2, 0.25) is 0 Å². The average molecular weight is 351 g/mol. The van der Waals surface area contributed by atoms with Crippen molar-refractivity contribution in [3.63, 3.8) is 0 Å². The van der Waals surface area contributed by atoms with Crippen molar-refractivity contribution in [2.45, 2.75) is 38.7 Å². The number of ether oxygens (including phenoxy) is 3. The van der Waals surface area contributed by atoms with E-state index in [1.807, 2.05) is 0 Å². The number of anilines is 1. The Morgan fingerprint density at radius 2 is 1.92 bits per heavy atom. The minimum absolute atomic E-state index is 0.00484. The van der Waals surface area contributed by atoms with E-state index in [1.165, 1.54) is 32.8 Å². The van der Waals surface area contributed by atoms with Crippen molar-refractivity contribution in [3.8, 4) is 11.5 Å². The molecule has 1 aromatic carbocycles. The molecule has 138 valence electrons. The maximum absolute atomic E-state index is 12.2. The number of hydrogen-bond donors (Lipinski definition) is 2. The molecule has 25 heavy (non-hydrogen) atoms. The van der Waals surface area contributed by atoms with E-state index < -0.39 is 5.97 Å². The van der Waals surface area contributed by atoms with Crippen LogP contribution in [0.3, 0.4) is 0 Å². The maximum Gasteiger partial charge on any atom is 0.335 e. The molecule has 7 nitrogen and oxygen atoms in total. The van der Waals surface area contributed by atoms with Crippen LogP contribution >= 0.6 is 0 Å². The van der Waals surface area contributed by atoms with Gasteiger partial charge in [-0.3, -0.25) is 4.79 Å². The molecule has 0 aliphatic heterocycles. The molecule has 2 rings (SSSR count). The smallest absolute Gasteiger partial charge is 0.335 e. The number of amides is 1. The normalized spacial score (nSPS) is 20.0. The van der Waals surface area contributed by atoms with E-state index in [1.54, 1.807) is 0 Å². The number of rotatable bonds is 7. The maximum atomic E-state index is 12.2. The fraction of sp³-hybridized carbons (Fsp3) is 0.556. The monoisotopic (exact) mass is 351 g/mol. The van der Waals surface area contributed by atoms with Crippen molar-refractivity contribution in [2.75, 3.05) is 26.1 Å². The van der Waals surface area contributed by atoms with Crippen molar-refractivity contribution in [2.24, 2.45) is 5.92 Å². The van der Waals surface area contributed by atoms with Crippen LogP contribution in [0, 0.1) is 5.92 Å². The van der Waals surface area contributed by atoms with Gasteiger partial charge < -0.3 is 24.6 Å². The molecule has 0 radical (unpaired) electrons. The third-order valence-corrected chi connectivity index (χ3v) is 4.46. The molecule has 0 bridgehead atoms. The van der Waals surface area contributed by atoms with Crippen molar-refractivity contribution in [1.82, 2.24) is 0 Å². The van der Waals surface area contributed by atoms with Crippen molar-refractivity contribution < 1.29 is 28.9 Å². The van der Waals surface area contributed by atoms with Gasteiger partial charge in [-0.25, -0.2) is 4.79 Å². The van der Waals surface area contributed by atoms with Gasteiger partial charge in [0, 0.05) is 0 Å². The van der Waals surface area contributed by atoms with Gasteiger partial charge in [0.2, 0.25) is 5.91 Å². The fourth-order valence-electron chi connectivity index (χ4n) is 3.08. The molecule has 1 aromatic rings. The van der Waals surface area contributed by atoms with Gasteiger partial charge in [-0.15, -0.1) is 0 Å². The molecule has 1 aliphatic carbocycles. The van der Waals surface area contributed by atoms with Crippen LogP contribution in [0.4, 0.5) is 5.69 Å². The van der Waals surface area contributed by atoms with Gasteiger partial charge in [0.1, 0.15) is 6.61 Å². The number of carbonyl (C=O) groups is 2. The highest BCUT2D eigenvalue weighted by Gasteiger charge is 2.23. The summed E-state index contributed by atoms with van der Waals surface area (Å²) >= 11 is 0. The minimum Gasteiger partial charge on any atom is -0.493 e. The van der Waals surface area contributed by atoms with E-state index in [9.17, 15) is 14.7 Å². The zero-order chi connectivity index (χ0) is 18.4. The van der Waals surface area contributed by atoms with Crippen molar-refractivity contribution in [1.29, 1.82) is 0 Å². The van der Waals surface area contributed by atoms with Crippen molar-refractivity contribution >= 4 is 17.6 Å². The van der Waals surface area contributed by atoms with E-state index >= 15 is 0 Å². The third kappa shape index (κ3) is 4.85. The molecule has 1 fully saturated rings. The van der Waals surface area contributed by atoms with Crippen LogP contribution in [-0.2, 0) is 9.53 Å². The molecule has 0 aromatic heterocycles. The lowest BCUT2D eigenvalue weighted by molar-refractivity contribution is -0.124. The van der Waals surface area contributed by atoms with E-state index in [4.69, 9.17) is 14.2 Å². The number of nitrogens with one attached hydrogen (secondary N) is 1. The second-order valence-electron chi connectivity index (χ2n) is 6.22. The summed E-state index contributed by atoms with van der Waals surface area (Å²) in [5, 5.41) is 11.8. The molecule has 0 saturated heterocycles. The van der Waals surface area contributed by atoms with E-state index in [0.717, 1.165) is 19.3 Å². The molecule has 2 unspecified atom stereocenters. The Hall–Kier alpha value is -2.28. The molecular formula is C18H25NO6. The Morgan fingerprint density at radius 1 is 1.20 bits per heavy atom. The predicted octanol–water partition coefficient (Wildman–Crippen LogP) is 2.94. The predicted molar refractivity (Wildman–Crippen MR) is 92.5 cm³/mol. The van der Waals surface area contributed by atoms with E-state index in [2.05, 4.69) is 12.2 Å². The Kier molecular flexibility index (Phi) is 6.64. The summed E-state index contributed by atoms with van der Waals surface area (Å²) in [5.41, 5.74) is 0.235. The lowest BCUT2D eigenvalue weighted by Gasteiger charge is -2.28. The van der Waals surface area contributed by atoms with Gasteiger partial charge in [-0.1, -0.05) is 19.8 Å². The summed E-state index contributed by atoms with van der Waals surface area (Å²) in [4.78, 5) is 23.5. The second-order valence-corrected chi connectivity index (χ2v) is 6.22. The number of benzene rings is 1. The molecule has 1 saturated carbocycles. The van der Waals surface area contributed by atoms with E-state index in [0.29, 0.717) is 5.92 Å². The first-order valence-corrected chi connectivity index (χ1v) is 8.37. The number of aromatic carboxylic acids is 1. The van der Waals surface area contributed by atoms with Gasteiger partial charge in [0.15, 0.2) is 11.5 Å². The zero-order valence-electron chi connectivity index (χ0n) is 14.8. The van der Waals surface area contributed by atoms with Crippen LogP contribution in [0.15, 0.2) is 12.1 Å². The van der Waals surface area contributed by atoms with Crippen LogP contribution < -0.4 is 14.8 Å². The summed E-state index contributed by atoms with van der Waals surface area (Å²) in [6.45, 7) is 2.05. The topological polar surface area (TPSA) is 94.1 Å². The zero-order valence-corrected chi connectivity index (χ0v) is 14.8. The summed E-state index contributed by atoms with van der Waals surface area (Å²) in [7, 11) is 2.83. The number of carbonyl (C=O) groups excluding carboxylic acids is 1. The van der Waals surface area contributed by atoms with Gasteiger partial charge >= 0.3 is 5.97 Å². The quantitative estimate of drug-likeness (QED) is 0.784. The summed E-state index contributed by atoms with van der Waals surface area (Å²) < 4.78 is 16.1. The van der Waals surface area contributed by atoms with E-state index in [-0.39, 0.29) is 41.4 Å². The third-order valence-electron chi connectivity index (χ3n) is 4.46. The number of methoxy groups -OCH3 is 2. The lowest BCUT2D eigenvalue weighted by Crippen LogP contribution is -2.29. The molecule has 7 heteroatoms. The Balaban J connectivity index is 2.08. The Morgan fingerprint density at radius 3 is 2.52 bits per heavy atom. The number of hydrogen-bond acceptors (Lipinski definition) is 5. The summed E-state index contributed by atoms with van der Waals surface area (Å²) in [6, 6.07) is 2.68. The standard InChI is InChI=1S/C18H25NO6/c1-11-6-4-5-7-14(11)25-10-16(20)19-13-8-12(18(21)22)9-15(23-2)17(13)24-3/h8-9,11,14H,4-7,10H2,1-3H3,(H,19,20)(H,21,22). The van der Waals surface area contributed by atoms with Gasteiger partial charge in [-0.05, 0) is 30.9 Å². The van der Waals surface area contributed by atoms with Crippen molar-refractivity contribution in [3.05, 3.63) is 17.7 Å². The molecule has 1 amide bonds. The molecular weight excluding hydrogens is 326 g/mol. The minimum atomic E-state index is -1.12. The first-order chi connectivity index (χ1) is 12.0. The second kappa shape index (κ2) is 8.71. The Bertz CT molecular complexity index is 630. The highest BCUT2D eigenvalue weighted by Crippen LogP contribution is 2.36. The van der Waals surface area contributed by atoms with Crippen LogP contribution in [0.1, 0.15) is 43.0 Å². The molecule has 2 N–H and O–H groups in total. The highest BCUT2D eigenvalue weighted by atomic mass is 16.5. The molecule has 0 heterocycles. The molecule has 2 atom stereocenters. The van der Waals surface area contributed by atoms with Crippen LogP contribution in [0.5, 0.6) is 11.5 Å². The average Bonchev–Trinajstić information content (AvgIpc) is 2.60. The SMILES string of the molecule is COc1cc(C(=O)O)cc(NC(=O)COC2CCCCC2C)c1OC. The Labute approximate surface area is 147 Å². The van der Waals surface area contributed by atoms with Crippen LogP contribution in [-0.4, -0.2) is 43.9 Å². The largest absolute Gasteiger partial charge is 0.493 e. The van der Waals surface area contributed by atoms with Gasteiger partial charge in [0.05, 0.1) is 31.6 Å². The van der Waals surface area contributed by atoms with Gasteiger partial charge in [-0.2, -0.15) is 0 Å². The lowest BCUT2D eigenvalue weighted by atomic mass is 9.88.